The first-order valence-electron chi connectivity index (χ1n) is 16.4. The fourth-order valence-corrected chi connectivity index (χ4v) is 7.62. The fraction of sp³-hybridized carbons (Fsp3) is 0.156. The fourth-order valence-electron chi connectivity index (χ4n) is 7.62. The molecule has 0 spiro atoms. The van der Waals surface area contributed by atoms with Crippen LogP contribution in [0.1, 0.15) is 51.3 Å². The van der Waals surface area contributed by atoms with Crippen LogP contribution < -0.4 is 4.90 Å². The van der Waals surface area contributed by atoms with Crippen LogP contribution in [0.25, 0.3) is 43.8 Å². The van der Waals surface area contributed by atoms with Crippen LogP contribution in [-0.4, -0.2) is 0 Å². The maximum atomic E-state index is 2.42. The molecule has 0 aromatic heterocycles. The van der Waals surface area contributed by atoms with Crippen LogP contribution in [0.4, 0.5) is 17.1 Å². The second-order valence-corrected chi connectivity index (χ2v) is 14.2. The zero-order chi connectivity index (χ0) is 31.6. The van der Waals surface area contributed by atoms with Crippen molar-refractivity contribution in [1.29, 1.82) is 0 Å². The lowest BCUT2D eigenvalue weighted by molar-refractivity contribution is 0.590. The summed E-state index contributed by atoms with van der Waals surface area (Å²) in [7, 11) is 0. The third kappa shape index (κ3) is 4.45. The van der Waals surface area contributed by atoms with Gasteiger partial charge in [0.25, 0.3) is 0 Å². The van der Waals surface area contributed by atoms with E-state index in [9.17, 15) is 0 Å². The molecule has 0 bridgehead atoms. The summed E-state index contributed by atoms with van der Waals surface area (Å²) in [6, 6.07) is 53.8. The Morgan fingerprint density at radius 1 is 0.478 bits per heavy atom. The maximum Gasteiger partial charge on any atom is 0.0468 e. The number of rotatable bonds is 4. The molecule has 0 saturated carbocycles. The highest BCUT2D eigenvalue weighted by Gasteiger charge is 2.38. The molecule has 7 aromatic rings. The summed E-state index contributed by atoms with van der Waals surface area (Å²) in [6.07, 6.45) is 0. The van der Waals surface area contributed by atoms with E-state index in [0.29, 0.717) is 0 Å². The molecule has 1 aliphatic carbocycles. The van der Waals surface area contributed by atoms with E-state index in [0.717, 1.165) is 17.1 Å². The van der Waals surface area contributed by atoms with Crippen molar-refractivity contribution in [2.45, 2.75) is 45.4 Å². The van der Waals surface area contributed by atoms with Gasteiger partial charge in [-0.25, -0.2) is 0 Å². The largest absolute Gasteiger partial charge is 0.310 e. The van der Waals surface area contributed by atoms with Gasteiger partial charge in [-0.3, -0.25) is 0 Å². The average Bonchev–Trinajstić information content (AvgIpc) is 3.32. The minimum absolute atomic E-state index is 0.0906. The van der Waals surface area contributed by atoms with E-state index in [1.807, 2.05) is 0 Å². The van der Waals surface area contributed by atoms with Crippen LogP contribution in [0.15, 0.2) is 146 Å². The Morgan fingerprint density at radius 3 is 1.74 bits per heavy atom. The topological polar surface area (TPSA) is 3.24 Å². The van der Waals surface area contributed by atoms with E-state index in [1.54, 1.807) is 0 Å². The van der Waals surface area contributed by atoms with Crippen molar-refractivity contribution in [3.63, 3.8) is 0 Å². The highest BCUT2D eigenvalue weighted by atomic mass is 15.1. The van der Waals surface area contributed by atoms with E-state index in [4.69, 9.17) is 0 Å². The van der Waals surface area contributed by atoms with E-state index in [2.05, 4.69) is 185 Å². The maximum absolute atomic E-state index is 2.42. The monoisotopic (exact) mass is 593 g/mol. The minimum Gasteiger partial charge on any atom is -0.310 e. The van der Waals surface area contributed by atoms with E-state index >= 15 is 0 Å². The Balaban J connectivity index is 1.35. The van der Waals surface area contributed by atoms with Crippen LogP contribution in [0.3, 0.4) is 0 Å². The van der Waals surface area contributed by atoms with Gasteiger partial charge in [0.15, 0.2) is 0 Å². The third-order valence-corrected chi connectivity index (χ3v) is 9.99. The summed E-state index contributed by atoms with van der Waals surface area (Å²) in [5.74, 6) is 0. The van der Waals surface area contributed by atoms with Gasteiger partial charge in [-0.05, 0) is 102 Å². The normalized spacial score (nSPS) is 13.5. The minimum atomic E-state index is -0.0918. The molecular formula is C45H39N. The molecule has 0 aliphatic heterocycles. The van der Waals surface area contributed by atoms with E-state index in [-0.39, 0.29) is 10.8 Å². The van der Waals surface area contributed by atoms with Crippen molar-refractivity contribution in [2.24, 2.45) is 0 Å². The molecule has 0 atom stereocenters. The van der Waals surface area contributed by atoms with Crippen molar-refractivity contribution < 1.29 is 0 Å². The zero-order valence-corrected chi connectivity index (χ0v) is 27.3. The van der Waals surface area contributed by atoms with Gasteiger partial charge in [0.05, 0.1) is 0 Å². The molecule has 1 aliphatic rings. The molecule has 0 fully saturated rings. The van der Waals surface area contributed by atoms with Gasteiger partial charge in [-0.2, -0.15) is 0 Å². The summed E-state index contributed by atoms with van der Waals surface area (Å²) >= 11 is 0. The Hall–Kier alpha value is -5.14. The second kappa shape index (κ2) is 10.5. The summed E-state index contributed by atoms with van der Waals surface area (Å²) < 4.78 is 0. The van der Waals surface area contributed by atoms with Crippen LogP contribution >= 0.6 is 0 Å². The van der Waals surface area contributed by atoms with Gasteiger partial charge in [0.2, 0.25) is 0 Å². The van der Waals surface area contributed by atoms with Gasteiger partial charge in [0.1, 0.15) is 0 Å². The molecule has 1 heteroatoms. The second-order valence-electron chi connectivity index (χ2n) is 14.2. The van der Waals surface area contributed by atoms with Crippen LogP contribution in [0, 0.1) is 0 Å². The van der Waals surface area contributed by atoms with Crippen LogP contribution in [0.2, 0.25) is 0 Å². The van der Waals surface area contributed by atoms with Crippen molar-refractivity contribution in [1.82, 2.24) is 0 Å². The predicted octanol–water partition coefficient (Wildman–Crippen LogP) is 12.7. The number of fused-ring (bicyclic) bond motifs is 8. The summed E-state index contributed by atoms with van der Waals surface area (Å²) in [4.78, 5) is 2.41. The first kappa shape index (κ1) is 28.3. The molecule has 0 unspecified atom stereocenters. The molecule has 1 nitrogen and oxygen atoms in total. The van der Waals surface area contributed by atoms with Gasteiger partial charge in [-0.1, -0.05) is 144 Å². The van der Waals surface area contributed by atoms with Crippen molar-refractivity contribution in [2.75, 3.05) is 4.90 Å². The predicted molar refractivity (Wildman–Crippen MR) is 198 cm³/mol. The average molecular weight is 594 g/mol. The van der Waals surface area contributed by atoms with Gasteiger partial charge in [0, 0.05) is 22.5 Å². The molecule has 8 rings (SSSR count). The molecule has 0 heterocycles. The summed E-state index contributed by atoms with van der Waals surface area (Å²) in [5, 5.41) is 5.26. The quantitative estimate of drug-likeness (QED) is 0.184. The molecular weight excluding hydrogens is 555 g/mol. The van der Waals surface area contributed by atoms with E-state index in [1.165, 1.54) is 60.5 Å². The molecule has 0 radical (unpaired) electrons. The van der Waals surface area contributed by atoms with Crippen LogP contribution in [-0.2, 0) is 10.8 Å². The number of hydrogen-bond acceptors (Lipinski definition) is 1. The first-order valence-corrected chi connectivity index (χ1v) is 16.4. The molecule has 224 valence electrons. The Labute approximate surface area is 272 Å². The highest BCUT2D eigenvalue weighted by Crippen LogP contribution is 2.55. The van der Waals surface area contributed by atoms with Gasteiger partial charge >= 0.3 is 0 Å². The number of benzene rings is 7. The Bertz CT molecular complexity index is 2230. The lowest BCUT2D eigenvalue weighted by Gasteiger charge is -2.28. The first-order chi connectivity index (χ1) is 22.2. The Morgan fingerprint density at radius 2 is 1.04 bits per heavy atom. The molecule has 0 N–H and O–H groups in total. The molecule has 7 aromatic carbocycles. The summed E-state index contributed by atoms with van der Waals surface area (Å²) in [5.41, 5.74) is 12.8. The molecule has 0 amide bonds. The van der Waals surface area contributed by atoms with Crippen LogP contribution in [0.5, 0.6) is 0 Å². The highest BCUT2D eigenvalue weighted by molar-refractivity contribution is 6.19. The van der Waals surface area contributed by atoms with Crippen molar-refractivity contribution >= 4 is 38.6 Å². The SMILES string of the molecule is CC(C)(C)c1ccc(N(c2ccc(-c3ccccc3)cc2)c2ccc3c4c(c5ccccc5c3c2)-c2ccccc2C4(C)C)cc1. The number of hydrogen-bond donors (Lipinski definition) is 0. The van der Waals surface area contributed by atoms with Gasteiger partial charge < -0.3 is 4.90 Å². The summed E-state index contributed by atoms with van der Waals surface area (Å²) in [6.45, 7) is 11.6. The molecule has 46 heavy (non-hydrogen) atoms. The third-order valence-electron chi connectivity index (χ3n) is 9.99. The standard InChI is InChI=1S/C45H39N/c1-44(2,3)32-21-25-34(26-22-32)46(33-23-19-31(20-24-33)30-13-7-6-8-14-30)35-27-28-38-40(29-35)36-15-9-10-16-37(36)42-39-17-11-12-18-41(39)45(4,5)43(38)42/h6-29H,1-5H3. The van der Waals surface area contributed by atoms with E-state index < -0.39 is 0 Å². The molecule has 0 saturated heterocycles. The lowest BCUT2D eigenvalue weighted by Crippen LogP contribution is -2.16. The van der Waals surface area contributed by atoms with Gasteiger partial charge in [-0.15, -0.1) is 0 Å². The zero-order valence-electron chi connectivity index (χ0n) is 27.3. The number of nitrogens with zero attached hydrogens (tertiary/aromatic N) is 1. The lowest BCUT2D eigenvalue weighted by atomic mass is 9.79. The van der Waals surface area contributed by atoms with Crippen molar-refractivity contribution in [3.8, 4) is 22.3 Å². The van der Waals surface area contributed by atoms with Crippen molar-refractivity contribution in [3.05, 3.63) is 162 Å². The Kier molecular flexibility index (Phi) is 6.44. The number of anilines is 3. The smallest absolute Gasteiger partial charge is 0.0468 e.